The van der Waals surface area contributed by atoms with Crippen LogP contribution >= 0.6 is 0 Å². The van der Waals surface area contributed by atoms with Crippen LogP contribution in [0.25, 0.3) is 0 Å². The number of halogens is 2. The molecule has 0 saturated carbocycles. The molecule has 1 rings (SSSR count). The Morgan fingerprint density at radius 2 is 2.10 bits per heavy atom. The van der Waals surface area contributed by atoms with E-state index in [-0.39, 0.29) is 17.6 Å². The zero-order valence-corrected chi connectivity index (χ0v) is 11.6. The molecule has 0 amide bonds. The van der Waals surface area contributed by atoms with Crippen LogP contribution in [0.5, 0.6) is 0 Å². The van der Waals surface area contributed by atoms with Crippen molar-refractivity contribution in [2.24, 2.45) is 10.7 Å². The SMILES string of the molecule is CCC/C(N)=N/C(C)=C(\C=O)Cc1cccc(F)c1F. The molecule has 0 aromatic heterocycles. The second-order valence-corrected chi connectivity index (χ2v) is 4.47. The zero-order chi connectivity index (χ0) is 15.1. The third kappa shape index (κ3) is 4.26. The predicted octanol–water partition coefficient (Wildman–Crippen LogP) is 3.14. The average molecular weight is 280 g/mol. The van der Waals surface area contributed by atoms with Gasteiger partial charge in [0, 0.05) is 24.1 Å². The molecule has 2 N–H and O–H groups in total. The van der Waals surface area contributed by atoms with Crippen molar-refractivity contribution in [3.63, 3.8) is 0 Å². The smallest absolute Gasteiger partial charge is 0.162 e. The highest BCUT2D eigenvalue weighted by Gasteiger charge is 2.11. The molecular weight excluding hydrogens is 262 g/mol. The van der Waals surface area contributed by atoms with Gasteiger partial charge in [0.15, 0.2) is 11.6 Å². The van der Waals surface area contributed by atoms with Crippen LogP contribution in [-0.2, 0) is 11.2 Å². The molecule has 20 heavy (non-hydrogen) atoms. The van der Waals surface area contributed by atoms with Gasteiger partial charge < -0.3 is 5.73 Å². The normalized spacial score (nSPS) is 13.1. The Morgan fingerprint density at radius 3 is 2.70 bits per heavy atom. The van der Waals surface area contributed by atoms with Crippen molar-refractivity contribution in [2.45, 2.75) is 33.1 Å². The standard InChI is InChI=1S/C15H18F2N2O/c1-3-5-14(18)19-10(2)12(9-20)8-11-6-4-7-13(16)15(11)17/h4,6-7,9H,3,5,8H2,1-2H3,(H2,18,19)/b12-10-. The van der Waals surface area contributed by atoms with Crippen molar-refractivity contribution >= 4 is 12.1 Å². The lowest BCUT2D eigenvalue weighted by molar-refractivity contribution is -0.105. The van der Waals surface area contributed by atoms with Gasteiger partial charge in [0.2, 0.25) is 0 Å². The van der Waals surface area contributed by atoms with Crippen LogP contribution in [0.4, 0.5) is 8.78 Å². The number of carbonyl (C=O) groups is 1. The number of benzene rings is 1. The number of rotatable bonds is 6. The highest BCUT2D eigenvalue weighted by Crippen LogP contribution is 2.17. The molecule has 1 aromatic carbocycles. The molecule has 0 fully saturated rings. The number of carbonyl (C=O) groups excluding carboxylic acids is 1. The number of nitrogens with two attached hydrogens (primary N) is 1. The number of aliphatic imine (C=N–C) groups is 1. The van der Waals surface area contributed by atoms with E-state index >= 15 is 0 Å². The maximum absolute atomic E-state index is 13.6. The van der Waals surface area contributed by atoms with Crippen LogP contribution in [0.3, 0.4) is 0 Å². The minimum Gasteiger partial charge on any atom is -0.387 e. The first-order chi connectivity index (χ1) is 9.49. The summed E-state index contributed by atoms with van der Waals surface area (Å²) in [5.74, 6) is -1.45. The Balaban J connectivity index is 3.05. The minimum absolute atomic E-state index is 0.0121. The van der Waals surface area contributed by atoms with E-state index in [4.69, 9.17) is 5.73 Å². The molecule has 0 unspecified atom stereocenters. The Morgan fingerprint density at radius 1 is 1.40 bits per heavy atom. The Labute approximate surface area is 117 Å². The third-order valence-electron chi connectivity index (χ3n) is 2.84. The second-order valence-electron chi connectivity index (χ2n) is 4.47. The van der Waals surface area contributed by atoms with E-state index < -0.39 is 11.6 Å². The maximum atomic E-state index is 13.6. The van der Waals surface area contributed by atoms with Crippen LogP contribution in [-0.4, -0.2) is 12.1 Å². The highest BCUT2D eigenvalue weighted by atomic mass is 19.2. The molecule has 0 aliphatic carbocycles. The summed E-state index contributed by atoms with van der Waals surface area (Å²) >= 11 is 0. The number of hydrogen-bond donors (Lipinski definition) is 1. The molecule has 5 heteroatoms. The molecule has 0 aliphatic heterocycles. The average Bonchev–Trinajstić information content (AvgIpc) is 2.40. The number of amidine groups is 1. The van der Waals surface area contributed by atoms with Gasteiger partial charge in [0.05, 0.1) is 5.84 Å². The van der Waals surface area contributed by atoms with E-state index in [9.17, 15) is 13.6 Å². The van der Waals surface area contributed by atoms with Crippen LogP contribution in [0.1, 0.15) is 32.3 Å². The Hall–Kier alpha value is -2.04. The van der Waals surface area contributed by atoms with Gasteiger partial charge in [-0.15, -0.1) is 0 Å². The monoisotopic (exact) mass is 280 g/mol. The molecule has 0 saturated heterocycles. The fourth-order valence-corrected chi connectivity index (χ4v) is 1.74. The number of nitrogens with zero attached hydrogens (tertiary/aromatic N) is 1. The Bertz CT molecular complexity index is 551. The maximum Gasteiger partial charge on any atom is 0.162 e. The van der Waals surface area contributed by atoms with Crippen LogP contribution in [0, 0.1) is 11.6 Å². The fraction of sp³-hybridized carbons (Fsp3) is 0.333. The third-order valence-corrected chi connectivity index (χ3v) is 2.84. The molecule has 0 bridgehead atoms. The van der Waals surface area contributed by atoms with Gasteiger partial charge in [-0.3, -0.25) is 4.79 Å². The molecule has 0 heterocycles. The lowest BCUT2D eigenvalue weighted by Gasteiger charge is -2.06. The topological polar surface area (TPSA) is 55.4 Å². The summed E-state index contributed by atoms with van der Waals surface area (Å²) in [5, 5.41) is 0. The molecule has 3 nitrogen and oxygen atoms in total. The minimum atomic E-state index is -0.940. The predicted molar refractivity (Wildman–Crippen MR) is 75.4 cm³/mol. The van der Waals surface area contributed by atoms with Gasteiger partial charge >= 0.3 is 0 Å². The molecule has 0 atom stereocenters. The summed E-state index contributed by atoms with van der Waals surface area (Å²) in [7, 11) is 0. The van der Waals surface area contributed by atoms with Crippen LogP contribution < -0.4 is 5.73 Å². The van der Waals surface area contributed by atoms with Gasteiger partial charge in [-0.2, -0.15) is 0 Å². The highest BCUT2D eigenvalue weighted by molar-refractivity contribution is 5.83. The molecule has 0 spiro atoms. The first kappa shape index (κ1) is 16.0. The summed E-state index contributed by atoms with van der Waals surface area (Å²) < 4.78 is 26.7. The van der Waals surface area contributed by atoms with Gasteiger partial charge in [-0.05, 0) is 25.0 Å². The van der Waals surface area contributed by atoms with Crippen molar-refractivity contribution in [3.05, 3.63) is 46.7 Å². The van der Waals surface area contributed by atoms with E-state index in [1.807, 2.05) is 6.92 Å². The zero-order valence-electron chi connectivity index (χ0n) is 11.6. The van der Waals surface area contributed by atoms with Crippen molar-refractivity contribution in [2.75, 3.05) is 0 Å². The first-order valence-electron chi connectivity index (χ1n) is 6.40. The summed E-state index contributed by atoms with van der Waals surface area (Å²) in [5.41, 5.74) is 6.52. The van der Waals surface area contributed by atoms with Gasteiger partial charge in [0.1, 0.15) is 6.29 Å². The fourth-order valence-electron chi connectivity index (χ4n) is 1.74. The second kappa shape index (κ2) is 7.53. The van der Waals surface area contributed by atoms with Crippen LogP contribution in [0.15, 0.2) is 34.5 Å². The summed E-state index contributed by atoms with van der Waals surface area (Å²) in [6.07, 6.45) is 2.06. The van der Waals surface area contributed by atoms with Gasteiger partial charge in [-0.1, -0.05) is 19.1 Å². The molecule has 0 aliphatic rings. The largest absolute Gasteiger partial charge is 0.387 e. The summed E-state index contributed by atoms with van der Waals surface area (Å²) in [6.45, 7) is 3.59. The van der Waals surface area contributed by atoms with Gasteiger partial charge in [0.25, 0.3) is 0 Å². The van der Waals surface area contributed by atoms with Crippen LogP contribution in [0.2, 0.25) is 0 Å². The summed E-state index contributed by atoms with van der Waals surface area (Å²) in [6, 6.07) is 3.88. The quantitative estimate of drug-likeness (QED) is 0.377. The van der Waals surface area contributed by atoms with E-state index in [0.717, 1.165) is 12.5 Å². The van der Waals surface area contributed by atoms with Gasteiger partial charge in [-0.25, -0.2) is 13.8 Å². The summed E-state index contributed by atoms with van der Waals surface area (Å²) in [4.78, 5) is 15.2. The lowest BCUT2D eigenvalue weighted by Crippen LogP contribution is -2.11. The lowest BCUT2D eigenvalue weighted by atomic mass is 10.0. The Kier molecular flexibility index (Phi) is 6.03. The van der Waals surface area contributed by atoms with E-state index in [2.05, 4.69) is 4.99 Å². The number of hydrogen-bond acceptors (Lipinski definition) is 2. The van der Waals surface area contributed by atoms with E-state index in [0.29, 0.717) is 24.2 Å². The van der Waals surface area contributed by atoms with Crippen molar-refractivity contribution in [1.82, 2.24) is 0 Å². The van der Waals surface area contributed by atoms with E-state index in [1.165, 1.54) is 12.1 Å². The molecule has 1 aromatic rings. The molecular formula is C15H18F2N2O. The number of aldehydes is 1. The number of allylic oxidation sites excluding steroid dienone is 2. The van der Waals surface area contributed by atoms with Crippen molar-refractivity contribution in [1.29, 1.82) is 0 Å². The first-order valence-corrected chi connectivity index (χ1v) is 6.40. The molecule has 108 valence electrons. The van der Waals surface area contributed by atoms with E-state index in [1.54, 1.807) is 6.92 Å². The van der Waals surface area contributed by atoms with Crippen molar-refractivity contribution in [3.8, 4) is 0 Å². The van der Waals surface area contributed by atoms with Crippen molar-refractivity contribution < 1.29 is 13.6 Å². The molecule has 0 radical (unpaired) electrons.